The van der Waals surface area contributed by atoms with Gasteiger partial charge in [0, 0.05) is 31.8 Å². The smallest absolute Gasteiger partial charge is 0.255 e. The van der Waals surface area contributed by atoms with E-state index in [4.69, 9.17) is 4.74 Å². The highest BCUT2D eigenvalue weighted by atomic mass is 16.5. The molecule has 1 N–H and O–H groups in total. The van der Waals surface area contributed by atoms with Crippen LogP contribution < -0.4 is 10.1 Å². The Hall–Kier alpha value is -2.82. The van der Waals surface area contributed by atoms with Gasteiger partial charge in [-0.05, 0) is 54.8 Å². The average Bonchev–Trinajstić information content (AvgIpc) is 2.67. The first-order valence-corrected chi connectivity index (χ1v) is 9.33. The first kappa shape index (κ1) is 20.5. The van der Waals surface area contributed by atoms with Crippen LogP contribution in [0.15, 0.2) is 48.5 Å². The molecule has 0 saturated carbocycles. The molecule has 0 bridgehead atoms. The summed E-state index contributed by atoms with van der Waals surface area (Å²) in [5.74, 6) is 0.719. The minimum atomic E-state index is -0.161. The second-order valence-electron chi connectivity index (χ2n) is 6.67. The van der Waals surface area contributed by atoms with Gasteiger partial charge in [0.2, 0.25) is 5.91 Å². The summed E-state index contributed by atoms with van der Waals surface area (Å²) < 4.78 is 5.61. The van der Waals surface area contributed by atoms with Gasteiger partial charge in [0.05, 0.1) is 6.61 Å². The van der Waals surface area contributed by atoms with Gasteiger partial charge in [-0.2, -0.15) is 0 Å². The second kappa shape index (κ2) is 10.4. The number of carbonyl (C=O) groups is 2. The van der Waals surface area contributed by atoms with E-state index in [2.05, 4.69) is 12.2 Å². The lowest BCUT2D eigenvalue weighted by Crippen LogP contribution is -2.21. The fourth-order valence-corrected chi connectivity index (χ4v) is 2.47. The largest absolute Gasteiger partial charge is 0.494 e. The lowest BCUT2D eigenvalue weighted by molar-refractivity contribution is -0.128. The van der Waals surface area contributed by atoms with E-state index in [0.717, 1.165) is 29.8 Å². The van der Waals surface area contributed by atoms with Crippen LogP contribution in [0.5, 0.6) is 5.75 Å². The number of hydrogen-bond donors (Lipinski definition) is 1. The van der Waals surface area contributed by atoms with Crippen LogP contribution in [0.3, 0.4) is 0 Å². The van der Waals surface area contributed by atoms with Crippen LogP contribution in [0.4, 0.5) is 5.69 Å². The van der Waals surface area contributed by atoms with E-state index >= 15 is 0 Å². The number of hydrogen-bond acceptors (Lipinski definition) is 3. The molecular weight excluding hydrogens is 340 g/mol. The minimum absolute atomic E-state index is 0.106. The normalized spacial score (nSPS) is 10.3. The van der Waals surface area contributed by atoms with Crippen molar-refractivity contribution in [1.82, 2.24) is 4.90 Å². The third-order valence-electron chi connectivity index (χ3n) is 4.22. The van der Waals surface area contributed by atoms with E-state index in [0.29, 0.717) is 25.0 Å². The topological polar surface area (TPSA) is 58.6 Å². The zero-order valence-electron chi connectivity index (χ0n) is 16.3. The Morgan fingerprint density at radius 2 is 1.67 bits per heavy atom. The van der Waals surface area contributed by atoms with Crippen molar-refractivity contribution in [2.75, 3.05) is 26.0 Å². The van der Waals surface area contributed by atoms with Crippen molar-refractivity contribution in [2.24, 2.45) is 0 Å². The molecule has 0 aliphatic rings. The predicted molar refractivity (Wildman–Crippen MR) is 108 cm³/mol. The summed E-state index contributed by atoms with van der Waals surface area (Å²) in [5.41, 5.74) is 2.38. The fourth-order valence-electron chi connectivity index (χ4n) is 2.47. The van der Waals surface area contributed by atoms with Gasteiger partial charge in [0.15, 0.2) is 0 Å². The van der Waals surface area contributed by atoms with Crippen molar-refractivity contribution in [2.45, 2.75) is 32.6 Å². The standard InChI is InChI=1S/C22H28N2O3/c1-4-5-16-27-20-13-9-18(10-14-20)22(26)23-19-11-6-17(7-12-19)8-15-21(25)24(2)3/h6-7,9-14H,4-5,8,15-16H2,1-3H3,(H,23,26). The second-order valence-corrected chi connectivity index (χ2v) is 6.67. The number of carbonyl (C=O) groups excluding carboxylic acids is 2. The van der Waals surface area contributed by atoms with Crippen LogP contribution in [-0.2, 0) is 11.2 Å². The van der Waals surface area contributed by atoms with Gasteiger partial charge >= 0.3 is 0 Å². The number of ether oxygens (including phenoxy) is 1. The van der Waals surface area contributed by atoms with Gasteiger partial charge in [0.25, 0.3) is 5.91 Å². The lowest BCUT2D eigenvalue weighted by atomic mass is 10.1. The molecule has 0 spiro atoms. The van der Waals surface area contributed by atoms with Gasteiger partial charge in [-0.25, -0.2) is 0 Å². The van der Waals surface area contributed by atoms with Crippen molar-refractivity contribution in [3.63, 3.8) is 0 Å². The van der Waals surface area contributed by atoms with Gasteiger partial charge in [0.1, 0.15) is 5.75 Å². The third-order valence-corrected chi connectivity index (χ3v) is 4.22. The average molecular weight is 368 g/mol. The molecule has 2 aromatic rings. The summed E-state index contributed by atoms with van der Waals surface area (Å²) in [6.45, 7) is 2.81. The molecule has 2 rings (SSSR count). The molecule has 2 aromatic carbocycles. The van der Waals surface area contributed by atoms with E-state index in [9.17, 15) is 9.59 Å². The monoisotopic (exact) mass is 368 g/mol. The van der Waals surface area contributed by atoms with Gasteiger partial charge in [-0.3, -0.25) is 9.59 Å². The number of rotatable bonds is 9. The van der Waals surface area contributed by atoms with Crippen LogP contribution in [0, 0.1) is 0 Å². The molecule has 5 heteroatoms. The fraction of sp³-hybridized carbons (Fsp3) is 0.364. The first-order chi connectivity index (χ1) is 13.0. The maximum absolute atomic E-state index is 12.4. The van der Waals surface area contributed by atoms with Gasteiger partial charge < -0.3 is 15.0 Å². The van der Waals surface area contributed by atoms with E-state index in [1.54, 1.807) is 31.1 Å². The molecule has 0 fully saturated rings. The van der Waals surface area contributed by atoms with Crippen molar-refractivity contribution in [3.05, 3.63) is 59.7 Å². The van der Waals surface area contributed by atoms with E-state index in [1.807, 2.05) is 36.4 Å². The zero-order chi connectivity index (χ0) is 19.6. The Morgan fingerprint density at radius 1 is 1.00 bits per heavy atom. The summed E-state index contributed by atoms with van der Waals surface area (Å²) in [6, 6.07) is 14.7. The summed E-state index contributed by atoms with van der Waals surface area (Å²) in [6.07, 6.45) is 3.27. The zero-order valence-corrected chi connectivity index (χ0v) is 16.3. The molecule has 0 radical (unpaired) electrons. The van der Waals surface area contributed by atoms with Crippen LogP contribution in [0.1, 0.15) is 42.1 Å². The molecule has 144 valence electrons. The van der Waals surface area contributed by atoms with Gasteiger partial charge in [-0.1, -0.05) is 25.5 Å². The predicted octanol–water partition coefficient (Wildman–Crippen LogP) is 4.14. The molecule has 0 unspecified atom stereocenters. The first-order valence-electron chi connectivity index (χ1n) is 9.33. The highest BCUT2D eigenvalue weighted by Crippen LogP contribution is 2.16. The molecule has 0 aliphatic heterocycles. The number of benzene rings is 2. The van der Waals surface area contributed by atoms with Crippen LogP contribution in [-0.4, -0.2) is 37.4 Å². The van der Waals surface area contributed by atoms with Crippen molar-refractivity contribution in [3.8, 4) is 5.75 Å². The van der Waals surface area contributed by atoms with Crippen molar-refractivity contribution >= 4 is 17.5 Å². The number of anilines is 1. The Bertz CT molecular complexity index is 737. The molecule has 5 nitrogen and oxygen atoms in total. The van der Waals surface area contributed by atoms with Crippen molar-refractivity contribution in [1.29, 1.82) is 0 Å². The maximum atomic E-state index is 12.4. The van der Waals surface area contributed by atoms with Crippen molar-refractivity contribution < 1.29 is 14.3 Å². The Kier molecular flexibility index (Phi) is 7.86. The molecular formula is C22H28N2O3. The molecule has 0 atom stereocenters. The summed E-state index contributed by atoms with van der Waals surface area (Å²) >= 11 is 0. The quantitative estimate of drug-likeness (QED) is 0.677. The lowest BCUT2D eigenvalue weighted by Gasteiger charge is -2.10. The van der Waals surface area contributed by atoms with E-state index < -0.39 is 0 Å². The van der Waals surface area contributed by atoms with Gasteiger partial charge in [-0.15, -0.1) is 0 Å². The molecule has 0 aliphatic carbocycles. The minimum Gasteiger partial charge on any atom is -0.494 e. The van der Waals surface area contributed by atoms with Crippen LogP contribution in [0.2, 0.25) is 0 Å². The highest BCUT2D eigenvalue weighted by molar-refractivity contribution is 6.04. The summed E-state index contributed by atoms with van der Waals surface area (Å²) in [4.78, 5) is 25.6. The number of unbranched alkanes of at least 4 members (excludes halogenated alkanes) is 1. The number of aryl methyl sites for hydroxylation is 1. The van der Waals surface area contributed by atoms with Crippen LogP contribution in [0.25, 0.3) is 0 Å². The molecule has 2 amide bonds. The molecule has 0 aromatic heterocycles. The maximum Gasteiger partial charge on any atom is 0.255 e. The van der Waals surface area contributed by atoms with E-state index in [-0.39, 0.29) is 11.8 Å². The molecule has 27 heavy (non-hydrogen) atoms. The molecule has 0 saturated heterocycles. The number of amides is 2. The SMILES string of the molecule is CCCCOc1ccc(C(=O)Nc2ccc(CCC(=O)N(C)C)cc2)cc1. The number of nitrogens with zero attached hydrogens (tertiary/aromatic N) is 1. The Balaban J connectivity index is 1.87. The molecule has 0 heterocycles. The highest BCUT2D eigenvalue weighted by Gasteiger charge is 2.08. The number of nitrogens with one attached hydrogen (secondary N) is 1. The third kappa shape index (κ3) is 6.77. The summed E-state index contributed by atoms with van der Waals surface area (Å²) in [5, 5.41) is 2.89. The van der Waals surface area contributed by atoms with E-state index in [1.165, 1.54) is 0 Å². The summed E-state index contributed by atoms with van der Waals surface area (Å²) in [7, 11) is 3.51. The Morgan fingerprint density at radius 3 is 2.26 bits per heavy atom. The Labute approximate surface area is 161 Å². The van der Waals surface area contributed by atoms with Crippen LogP contribution >= 0.6 is 0 Å².